The fraction of sp³-hybridized carbons (Fsp3) is 0.308. The molecule has 0 amide bonds. The fourth-order valence-corrected chi connectivity index (χ4v) is 1.43. The van der Waals surface area contributed by atoms with Crippen molar-refractivity contribution in [1.29, 1.82) is 0 Å². The Hall–Kier alpha value is -2.77. The molecule has 0 fully saturated rings. The maximum absolute atomic E-state index is 11.8. The van der Waals surface area contributed by atoms with Gasteiger partial charge in [-0.25, -0.2) is 14.6 Å². The van der Waals surface area contributed by atoms with Crippen LogP contribution in [0.2, 0.25) is 0 Å². The number of aromatic nitrogens is 1. The molecule has 0 spiro atoms. The Morgan fingerprint density at radius 1 is 1.29 bits per heavy atom. The Bertz CT molecular complexity index is 562. The van der Waals surface area contributed by atoms with Gasteiger partial charge in [-0.15, -0.1) is 0 Å². The summed E-state index contributed by atoms with van der Waals surface area (Å²) in [6.45, 7) is 3.26. The van der Waals surface area contributed by atoms with E-state index >= 15 is 0 Å². The second-order valence-electron chi connectivity index (χ2n) is 3.66. The topological polar surface area (TPSA) is 109 Å². The number of hydrogen-bond acceptors (Lipinski definition) is 7. The summed E-state index contributed by atoms with van der Waals surface area (Å²) in [5.74, 6) is -1.84. The molecule has 0 saturated carbocycles. The highest BCUT2D eigenvalue weighted by Crippen LogP contribution is 2.19. The minimum Gasteiger partial charge on any atom is -0.462 e. The van der Waals surface area contributed by atoms with E-state index in [1.54, 1.807) is 13.8 Å². The summed E-state index contributed by atoms with van der Waals surface area (Å²) < 4.78 is 9.48. The van der Waals surface area contributed by atoms with Crippen LogP contribution < -0.4 is 0 Å². The van der Waals surface area contributed by atoms with Gasteiger partial charge in [-0.3, -0.25) is 10.1 Å². The molecule has 8 nitrogen and oxygen atoms in total. The quantitative estimate of drug-likeness (QED) is 0.195. The van der Waals surface area contributed by atoms with Crippen LogP contribution >= 0.6 is 0 Å². The standard InChI is InChI=1S/C13H14N2O6/c1-3-20-12(16)9(13(17)21-4-2)8-10-11(15(18)19)6-5-7-14-10/h5-8H,3-4H2,1-2H3. The lowest BCUT2D eigenvalue weighted by Crippen LogP contribution is -2.18. The summed E-state index contributed by atoms with van der Waals surface area (Å²) >= 11 is 0. The second kappa shape index (κ2) is 7.73. The highest BCUT2D eigenvalue weighted by molar-refractivity contribution is 6.17. The molecule has 0 aliphatic heterocycles. The first kappa shape index (κ1) is 16.3. The Morgan fingerprint density at radius 3 is 2.33 bits per heavy atom. The first-order valence-corrected chi connectivity index (χ1v) is 6.16. The van der Waals surface area contributed by atoms with Crippen LogP contribution in [-0.2, 0) is 19.1 Å². The first-order chi connectivity index (χ1) is 10.0. The maximum atomic E-state index is 11.8. The highest BCUT2D eigenvalue weighted by Gasteiger charge is 2.23. The average molecular weight is 294 g/mol. The molecule has 0 aromatic carbocycles. The number of carbonyl (C=O) groups is 2. The van der Waals surface area contributed by atoms with Crippen molar-refractivity contribution in [2.45, 2.75) is 13.8 Å². The Labute approximate surface area is 120 Å². The predicted molar refractivity (Wildman–Crippen MR) is 72.1 cm³/mol. The zero-order chi connectivity index (χ0) is 15.8. The van der Waals surface area contributed by atoms with Crippen LogP contribution in [0.5, 0.6) is 0 Å². The molecule has 0 aliphatic rings. The van der Waals surface area contributed by atoms with Gasteiger partial charge in [0.05, 0.1) is 18.1 Å². The third kappa shape index (κ3) is 4.37. The van der Waals surface area contributed by atoms with Gasteiger partial charge in [-0.1, -0.05) is 0 Å². The van der Waals surface area contributed by atoms with E-state index in [0.717, 1.165) is 6.08 Å². The largest absolute Gasteiger partial charge is 0.462 e. The molecule has 0 bridgehead atoms. The van der Waals surface area contributed by atoms with Gasteiger partial charge in [0.15, 0.2) is 0 Å². The zero-order valence-corrected chi connectivity index (χ0v) is 11.6. The number of rotatable bonds is 6. The van der Waals surface area contributed by atoms with Gasteiger partial charge in [-0.05, 0) is 26.0 Å². The molecule has 1 heterocycles. The molecule has 0 atom stereocenters. The van der Waals surface area contributed by atoms with Crippen molar-refractivity contribution < 1.29 is 24.0 Å². The van der Waals surface area contributed by atoms with Crippen LogP contribution in [0.1, 0.15) is 19.5 Å². The van der Waals surface area contributed by atoms with Gasteiger partial charge in [0.1, 0.15) is 11.3 Å². The van der Waals surface area contributed by atoms with E-state index in [1.165, 1.54) is 18.3 Å². The monoisotopic (exact) mass is 294 g/mol. The Balaban J connectivity index is 3.28. The lowest BCUT2D eigenvalue weighted by Gasteiger charge is -2.06. The Kier molecular flexibility index (Phi) is 5.99. The van der Waals surface area contributed by atoms with Gasteiger partial charge in [-0.2, -0.15) is 0 Å². The van der Waals surface area contributed by atoms with Crippen LogP contribution in [0, 0.1) is 10.1 Å². The van der Waals surface area contributed by atoms with Crippen molar-refractivity contribution in [1.82, 2.24) is 4.98 Å². The van der Waals surface area contributed by atoms with E-state index in [2.05, 4.69) is 4.98 Å². The van der Waals surface area contributed by atoms with Crippen molar-refractivity contribution in [3.8, 4) is 0 Å². The molecular weight excluding hydrogens is 280 g/mol. The average Bonchev–Trinajstić information content (AvgIpc) is 2.45. The van der Waals surface area contributed by atoms with Crippen molar-refractivity contribution in [3.05, 3.63) is 39.7 Å². The van der Waals surface area contributed by atoms with E-state index in [0.29, 0.717) is 0 Å². The second-order valence-corrected chi connectivity index (χ2v) is 3.66. The van der Waals surface area contributed by atoms with Crippen LogP contribution in [-0.4, -0.2) is 35.1 Å². The third-order valence-electron chi connectivity index (χ3n) is 2.28. The number of ether oxygens (including phenoxy) is 2. The fourth-order valence-electron chi connectivity index (χ4n) is 1.43. The summed E-state index contributed by atoms with van der Waals surface area (Å²) in [4.78, 5) is 37.5. The Morgan fingerprint density at radius 2 is 1.86 bits per heavy atom. The lowest BCUT2D eigenvalue weighted by atomic mass is 10.2. The molecule has 21 heavy (non-hydrogen) atoms. The van der Waals surface area contributed by atoms with E-state index in [1.807, 2.05) is 0 Å². The van der Waals surface area contributed by atoms with Crippen molar-refractivity contribution in [2.75, 3.05) is 13.2 Å². The van der Waals surface area contributed by atoms with Crippen molar-refractivity contribution in [3.63, 3.8) is 0 Å². The minimum atomic E-state index is -0.920. The van der Waals surface area contributed by atoms with E-state index in [-0.39, 0.29) is 24.6 Å². The molecule has 1 rings (SSSR count). The van der Waals surface area contributed by atoms with E-state index in [9.17, 15) is 19.7 Å². The molecule has 0 N–H and O–H groups in total. The summed E-state index contributed by atoms with van der Waals surface area (Å²) in [6.07, 6.45) is 2.31. The number of nitro groups is 1. The predicted octanol–water partition coefficient (Wildman–Crippen LogP) is 1.50. The molecule has 8 heteroatoms. The summed E-state index contributed by atoms with van der Waals surface area (Å²) in [6, 6.07) is 2.59. The van der Waals surface area contributed by atoms with Crippen LogP contribution in [0.4, 0.5) is 5.69 Å². The van der Waals surface area contributed by atoms with Crippen molar-refractivity contribution >= 4 is 23.7 Å². The van der Waals surface area contributed by atoms with Gasteiger partial charge in [0.2, 0.25) is 0 Å². The number of nitrogens with zero attached hydrogens (tertiary/aromatic N) is 2. The smallest absolute Gasteiger partial charge is 0.345 e. The van der Waals surface area contributed by atoms with Gasteiger partial charge >= 0.3 is 11.9 Å². The minimum absolute atomic E-state index is 0.0554. The zero-order valence-electron chi connectivity index (χ0n) is 11.6. The van der Waals surface area contributed by atoms with Crippen LogP contribution in [0.15, 0.2) is 23.9 Å². The first-order valence-electron chi connectivity index (χ1n) is 6.16. The number of carbonyl (C=O) groups excluding carboxylic acids is 2. The molecule has 0 aliphatic carbocycles. The van der Waals surface area contributed by atoms with Gasteiger partial charge in [0, 0.05) is 12.3 Å². The molecule has 0 radical (unpaired) electrons. The lowest BCUT2D eigenvalue weighted by molar-refractivity contribution is -0.385. The summed E-state index contributed by atoms with van der Waals surface area (Å²) in [7, 11) is 0. The number of esters is 2. The number of hydrogen-bond donors (Lipinski definition) is 0. The molecule has 112 valence electrons. The van der Waals surface area contributed by atoms with Crippen LogP contribution in [0.3, 0.4) is 0 Å². The molecular formula is C13H14N2O6. The van der Waals surface area contributed by atoms with Crippen molar-refractivity contribution in [2.24, 2.45) is 0 Å². The molecule has 1 aromatic rings. The van der Waals surface area contributed by atoms with Gasteiger partial charge in [0.25, 0.3) is 5.69 Å². The van der Waals surface area contributed by atoms with E-state index < -0.39 is 22.4 Å². The summed E-state index contributed by atoms with van der Waals surface area (Å²) in [5.41, 5.74) is -0.900. The highest BCUT2D eigenvalue weighted by atomic mass is 16.6. The molecule has 0 saturated heterocycles. The SMILES string of the molecule is CCOC(=O)C(=Cc1ncccc1[N+](=O)[O-])C(=O)OCC. The van der Waals surface area contributed by atoms with E-state index in [4.69, 9.17) is 9.47 Å². The summed E-state index contributed by atoms with van der Waals surface area (Å²) in [5, 5.41) is 10.9. The third-order valence-corrected chi connectivity index (χ3v) is 2.28. The van der Waals surface area contributed by atoms with Gasteiger partial charge < -0.3 is 9.47 Å². The van der Waals surface area contributed by atoms with Crippen LogP contribution in [0.25, 0.3) is 6.08 Å². The normalized spacial score (nSPS) is 9.62. The number of pyridine rings is 1. The maximum Gasteiger partial charge on any atom is 0.345 e. The molecule has 1 aromatic heterocycles. The molecule has 0 unspecified atom stereocenters.